The maximum absolute atomic E-state index is 10.5. The van der Waals surface area contributed by atoms with Gasteiger partial charge in [-0.15, -0.1) is 0 Å². The van der Waals surface area contributed by atoms with E-state index in [9.17, 15) is 4.79 Å². The lowest BCUT2D eigenvalue weighted by molar-refractivity contribution is -0.0582. The maximum Gasteiger partial charge on any atom is 0.404 e. The van der Waals surface area contributed by atoms with Gasteiger partial charge in [-0.3, -0.25) is 0 Å². The van der Waals surface area contributed by atoms with E-state index in [1.54, 1.807) is 0 Å². The predicted molar refractivity (Wildman–Crippen MR) is 62.7 cm³/mol. The lowest BCUT2D eigenvalue weighted by Gasteiger charge is -2.41. The SMILES string of the molecule is O=C(O)NCC1(c2cccc(Br)c2)COC1. The summed E-state index contributed by atoms with van der Waals surface area (Å²) in [7, 11) is 0. The fourth-order valence-electron chi connectivity index (χ4n) is 1.78. The maximum atomic E-state index is 10.5. The number of hydrogen-bond acceptors (Lipinski definition) is 2. The van der Waals surface area contributed by atoms with Gasteiger partial charge >= 0.3 is 6.09 Å². The van der Waals surface area contributed by atoms with Gasteiger partial charge in [0.1, 0.15) is 0 Å². The monoisotopic (exact) mass is 285 g/mol. The second-order valence-electron chi connectivity index (χ2n) is 3.94. The Kier molecular flexibility index (Phi) is 3.16. The van der Waals surface area contributed by atoms with Crippen LogP contribution in [-0.4, -0.2) is 31.0 Å². The van der Waals surface area contributed by atoms with E-state index in [2.05, 4.69) is 21.2 Å². The summed E-state index contributed by atoms with van der Waals surface area (Å²) >= 11 is 3.41. The molecule has 1 aromatic rings. The molecule has 16 heavy (non-hydrogen) atoms. The highest BCUT2D eigenvalue weighted by atomic mass is 79.9. The van der Waals surface area contributed by atoms with Crippen LogP contribution in [0.4, 0.5) is 4.79 Å². The molecule has 0 unspecified atom stereocenters. The molecule has 0 radical (unpaired) electrons. The van der Waals surface area contributed by atoms with Crippen molar-refractivity contribution in [2.24, 2.45) is 0 Å². The molecular weight excluding hydrogens is 274 g/mol. The zero-order valence-corrected chi connectivity index (χ0v) is 10.2. The molecule has 1 aliphatic rings. The zero-order valence-electron chi connectivity index (χ0n) is 8.57. The van der Waals surface area contributed by atoms with Crippen molar-refractivity contribution in [2.45, 2.75) is 5.41 Å². The summed E-state index contributed by atoms with van der Waals surface area (Å²) < 4.78 is 6.21. The first-order chi connectivity index (χ1) is 7.62. The third-order valence-corrected chi connectivity index (χ3v) is 3.26. The van der Waals surface area contributed by atoms with Crippen LogP contribution < -0.4 is 5.32 Å². The quantitative estimate of drug-likeness (QED) is 0.893. The van der Waals surface area contributed by atoms with Gasteiger partial charge in [0.15, 0.2) is 0 Å². The summed E-state index contributed by atoms with van der Waals surface area (Å²) in [5.41, 5.74) is 0.893. The second-order valence-corrected chi connectivity index (χ2v) is 4.86. The predicted octanol–water partition coefficient (Wildman–Crippen LogP) is 1.98. The van der Waals surface area contributed by atoms with Gasteiger partial charge in [-0.2, -0.15) is 0 Å². The Bertz CT molecular complexity index is 404. The first-order valence-electron chi connectivity index (χ1n) is 4.93. The van der Waals surface area contributed by atoms with E-state index in [0.717, 1.165) is 10.0 Å². The minimum Gasteiger partial charge on any atom is -0.465 e. The lowest BCUT2D eigenvalue weighted by atomic mass is 9.78. The first kappa shape index (κ1) is 11.4. The number of amides is 1. The number of rotatable bonds is 3. The number of halogens is 1. The number of hydrogen-bond donors (Lipinski definition) is 2. The number of nitrogens with one attached hydrogen (secondary N) is 1. The number of carbonyl (C=O) groups is 1. The third kappa shape index (κ3) is 2.20. The van der Waals surface area contributed by atoms with Crippen LogP contribution in [0, 0.1) is 0 Å². The summed E-state index contributed by atoms with van der Waals surface area (Å²) in [4.78, 5) is 10.5. The van der Waals surface area contributed by atoms with Crippen LogP contribution in [0.3, 0.4) is 0 Å². The highest BCUT2D eigenvalue weighted by Crippen LogP contribution is 2.33. The largest absolute Gasteiger partial charge is 0.465 e. The molecule has 0 aliphatic carbocycles. The number of carboxylic acid groups (broad SMARTS) is 1. The van der Waals surface area contributed by atoms with E-state index in [0.29, 0.717) is 19.8 Å². The fourth-order valence-corrected chi connectivity index (χ4v) is 2.18. The van der Waals surface area contributed by atoms with Crippen molar-refractivity contribution in [2.75, 3.05) is 19.8 Å². The average molecular weight is 286 g/mol. The van der Waals surface area contributed by atoms with Gasteiger partial charge < -0.3 is 15.2 Å². The Morgan fingerprint density at radius 2 is 2.31 bits per heavy atom. The molecule has 1 aliphatic heterocycles. The normalized spacial score (nSPS) is 17.6. The van der Waals surface area contributed by atoms with Crippen molar-refractivity contribution in [1.29, 1.82) is 0 Å². The van der Waals surface area contributed by atoms with Crippen molar-refractivity contribution in [3.05, 3.63) is 34.3 Å². The Labute approximate surface area is 102 Å². The molecule has 1 fully saturated rings. The highest BCUT2D eigenvalue weighted by molar-refractivity contribution is 9.10. The van der Waals surface area contributed by atoms with Gasteiger partial charge in [0.25, 0.3) is 0 Å². The lowest BCUT2D eigenvalue weighted by Crippen LogP contribution is -2.54. The van der Waals surface area contributed by atoms with Crippen LogP contribution in [0.25, 0.3) is 0 Å². The van der Waals surface area contributed by atoms with Gasteiger partial charge in [-0.05, 0) is 17.7 Å². The van der Waals surface area contributed by atoms with Gasteiger partial charge in [0, 0.05) is 11.0 Å². The molecule has 1 saturated heterocycles. The van der Waals surface area contributed by atoms with E-state index >= 15 is 0 Å². The molecular formula is C11H12BrNO3. The van der Waals surface area contributed by atoms with E-state index in [4.69, 9.17) is 9.84 Å². The molecule has 0 aromatic heterocycles. The Balaban J connectivity index is 2.17. The average Bonchev–Trinajstić information content (AvgIpc) is 2.15. The van der Waals surface area contributed by atoms with Crippen LogP contribution in [0.15, 0.2) is 28.7 Å². The molecule has 2 rings (SSSR count). The van der Waals surface area contributed by atoms with E-state index in [1.165, 1.54) is 0 Å². The number of ether oxygens (including phenoxy) is 1. The fraction of sp³-hybridized carbons (Fsp3) is 0.364. The minimum absolute atomic E-state index is 0.206. The van der Waals surface area contributed by atoms with Gasteiger partial charge in [0.2, 0.25) is 0 Å². The summed E-state index contributed by atoms with van der Waals surface area (Å²) in [6.45, 7) is 1.51. The van der Waals surface area contributed by atoms with E-state index < -0.39 is 6.09 Å². The van der Waals surface area contributed by atoms with Gasteiger partial charge in [-0.25, -0.2) is 4.79 Å². The Hall–Kier alpha value is -1.07. The van der Waals surface area contributed by atoms with Crippen LogP contribution in [0.5, 0.6) is 0 Å². The smallest absolute Gasteiger partial charge is 0.404 e. The topological polar surface area (TPSA) is 58.6 Å². The molecule has 0 atom stereocenters. The molecule has 1 aromatic carbocycles. The minimum atomic E-state index is -0.999. The molecule has 86 valence electrons. The van der Waals surface area contributed by atoms with E-state index in [-0.39, 0.29) is 5.41 Å². The summed E-state index contributed by atoms with van der Waals surface area (Å²) in [6.07, 6.45) is -0.999. The van der Waals surface area contributed by atoms with Crippen LogP contribution >= 0.6 is 15.9 Å². The standard InChI is InChI=1S/C11H12BrNO3/c12-9-3-1-2-8(4-9)11(6-16-7-11)5-13-10(14)15/h1-4,13H,5-7H2,(H,14,15). The molecule has 0 bridgehead atoms. The third-order valence-electron chi connectivity index (χ3n) is 2.77. The molecule has 2 N–H and O–H groups in total. The second kappa shape index (κ2) is 4.43. The molecule has 0 saturated carbocycles. The Morgan fingerprint density at radius 1 is 1.56 bits per heavy atom. The van der Waals surface area contributed by atoms with Crippen molar-refractivity contribution < 1.29 is 14.6 Å². The molecule has 5 heteroatoms. The molecule has 0 spiro atoms. The van der Waals surface area contributed by atoms with Crippen molar-refractivity contribution in [3.63, 3.8) is 0 Å². The summed E-state index contributed by atoms with van der Waals surface area (Å²) in [5.74, 6) is 0. The van der Waals surface area contributed by atoms with Gasteiger partial charge in [-0.1, -0.05) is 28.1 Å². The highest BCUT2D eigenvalue weighted by Gasteiger charge is 2.40. The Morgan fingerprint density at radius 3 is 2.81 bits per heavy atom. The summed E-state index contributed by atoms with van der Waals surface area (Å²) in [5, 5.41) is 11.1. The molecule has 1 heterocycles. The first-order valence-corrected chi connectivity index (χ1v) is 5.72. The van der Waals surface area contributed by atoms with Gasteiger partial charge in [0.05, 0.1) is 18.6 Å². The van der Waals surface area contributed by atoms with E-state index in [1.807, 2.05) is 24.3 Å². The van der Waals surface area contributed by atoms with Crippen molar-refractivity contribution in [3.8, 4) is 0 Å². The van der Waals surface area contributed by atoms with Crippen LogP contribution in [0.1, 0.15) is 5.56 Å². The van der Waals surface area contributed by atoms with Crippen LogP contribution in [0.2, 0.25) is 0 Å². The van der Waals surface area contributed by atoms with Crippen molar-refractivity contribution in [1.82, 2.24) is 5.32 Å². The van der Waals surface area contributed by atoms with Crippen LogP contribution in [-0.2, 0) is 10.2 Å². The summed E-state index contributed by atoms with van der Waals surface area (Å²) in [6, 6.07) is 7.89. The molecule has 4 nitrogen and oxygen atoms in total. The number of benzene rings is 1. The van der Waals surface area contributed by atoms with Crippen molar-refractivity contribution >= 4 is 22.0 Å². The molecule has 1 amide bonds. The zero-order chi connectivity index (χ0) is 11.6.